The number of carboxylic acid groups (broad SMARTS) is 1. The molecule has 17 nitrogen and oxygen atoms in total. The number of guanidine groups is 1. The van der Waals surface area contributed by atoms with E-state index in [1.165, 1.54) is 0 Å². The zero-order chi connectivity index (χ0) is 29.3. The van der Waals surface area contributed by atoms with Crippen molar-refractivity contribution < 1.29 is 33.9 Å². The van der Waals surface area contributed by atoms with Crippen LogP contribution in [0.3, 0.4) is 0 Å². The second kappa shape index (κ2) is 18.3. The van der Waals surface area contributed by atoms with Crippen LogP contribution >= 0.6 is 0 Å². The molecule has 0 spiro atoms. The van der Waals surface area contributed by atoms with E-state index in [9.17, 15) is 33.9 Å². The van der Waals surface area contributed by atoms with Gasteiger partial charge in [-0.25, -0.2) is 4.79 Å². The molecule has 0 heterocycles. The normalized spacial score (nSPS) is 13.7. The molecule has 4 unspecified atom stereocenters. The minimum Gasteiger partial charge on any atom is -0.480 e. The van der Waals surface area contributed by atoms with E-state index in [1.807, 2.05) is 0 Å². The van der Waals surface area contributed by atoms with E-state index >= 15 is 0 Å². The molecule has 16 N–H and O–H groups in total. The van der Waals surface area contributed by atoms with Crippen LogP contribution in [0.1, 0.15) is 51.4 Å². The molecule has 216 valence electrons. The number of nitrogens with one attached hydrogen (secondary N) is 3. The van der Waals surface area contributed by atoms with Gasteiger partial charge in [0.1, 0.15) is 18.1 Å². The summed E-state index contributed by atoms with van der Waals surface area (Å²) in [6.45, 7) is 0.589. The fourth-order valence-corrected chi connectivity index (χ4v) is 3.19. The maximum Gasteiger partial charge on any atom is 0.326 e. The predicted octanol–water partition coefficient (Wildman–Crippen LogP) is -4.82. The number of nitrogens with zero attached hydrogens (tertiary/aromatic N) is 1. The van der Waals surface area contributed by atoms with Gasteiger partial charge in [-0.1, -0.05) is 0 Å². The fraction of sp³-hybridized carbons (Fsp3) is 0.667. The molecule has 0 rings (SSSR count). The van der Waals surface area contributed by atoms with Crippen LogP contribution in [0.5, 0.6) is 0 Å². The van der Waals surface area contributed by atoms with Crippen LogP contribution in [0, 0.1) is 0 Å². The van der Waals surface area contributed by atoms with Gasteiger partial charge < -0.3 is 55.5 Å². The number of aliphatic carboxylic acids is 1. The van der Waals surface area contributed by atoms with Crippen LogP contribution in [0.25, 0.3) is 0 Å². The molecule has 0 aromatic rings. The summed E-state index contributed by atoms with van der Waals surface area (Å²) >= 11 is 0. The van der Waals surface area contributed by atoms with Gasteiger partial charge in [0.05, 0.1) is 12.5 Å². The molecule has 5 amide bonds. The largest absolute Gasteiger partial charge is 0.480 e. The highest BCUT2D eigenvalue weighted by Crippen LogP contribution is 2.06. The first-order valence-corrected chi connectivity index (χ1v) is 12.0. The highest BCUT2D eigenvalue weighted by atomic mass is 16.4. The predicted molar refractivity (Wildman–Crippen MR) is 136 cm³/mol. The first-order valence-electron chi connectivity index (χ1n) is 12.0. The molecule has 0 aliphatic rings. The first kappa shape index (κ1) is 34.0. The SMILES string of the molecule is NCCCCC(NC(=O)C(N)CCCN=C(N)N)C(=O)NC(CC(N)=O)C(=O)NC(CCC(N)=O)C(=O)O. The zero-order valence-electron chi connectivity index (χ0n) is 21.2. The molecule has 0 saturated heterocycles. The molecule has 0 aromatic carbocycles. The Bertz CT molecular complexity index is 863. The summed E-state index contributed by atoms with van der Waals surface area (Å²) in [5.41, 5.74) is 32.1. The molecule has 0 radical (unpaired) electrons. The number of primary amides is 2. The number of hydrogen-bond acceptors (Lipinski definition) is 9. The average molecular weight is 545 g/mol. The number of unbranched alkanes of at least 4 members (excludes halogenated alkanes) is 1. The lowest BCUT2D eigenvalue weighted by Gasteiger charge is -2.24. The van der Waals surface area contributed by atoms with Crippen LogP contribution in [0.2, 0.25) is 0 Å². The smallest absolute Gasteiger partial charge is 0.326 e. The third-order valence-corrected chi connectivity index (χ3v) is 5.22. The van der Waals surface area contributed by atoms with Gasteiger partial charge in [-0.15, -0.1) is 0 Å². The van der Waals surface area contributed by atoms with E-state index in [4.69, 9.17) is 34.4 Å². The molecule has 17 heteroatoms. The number of nitrogens with two attached hydrogens (primary N) is 6. The van der Waals surface area contributed by atoms with Gasteiger partial charge in [-0.2, -0.15) is 0 Å². The van der Waals surface area contributed by atoms with Gasteiger partial charge >= 0.3 is 5.97 Å². The highest BCUT2D eigenvalue weighted by molar-refractivity contribution is 5.96. The molecular formula is C21H40N10O7. The maximum atomic E-state index is 13.0. The van der Waals surface area contributed by atoms with Crippen molar-refractivity contribution in [1.82, 2.24) is 16.0 Å². The van der Waals surface area contributed by atoms with Crippen molar-refractivity contribution in [3.63, 3.8) is 0 Å². The highest BCUT2D eigenvalue weighted by Gasteiger charge is 2.31. The zero-order valence-corrected chi connectivity index (χ0v) is 21.2. The van der Waals surface area contributed by atoms with Crippen LogP contribution in [-0.2, 0) is 28.8 Å². The van der Waals surface area contributed by atoms with Gasteiger partial charge in [-0.05, 0) is 45.1 Å². The van der Waals surface area contributed by atoms with Crippen LogP contribution in [-0.4, -0.2) is 83.8 Å². The standard InChI is InChI=1S/C21H40N10O7/c22-8-2-1-5-12(29-17(34)11(23)4-3-9-28-21(26)27)18(35)31-14(10-16(25)33)19(36)30-13(20(37)38)6-7-15(24)32/h11-14H,1-10,22-23H2,(H2,24,32)(H2,25,33)(H,29,34)(H,30,36)(H,31,35)(H,37,38)(H4,26,27,28). The van der Waals surface area contributed by atoms with Crippen molar-refractivity contribution in [1.29, 1.82) is 0 Å². The Balaban J connectivity index is 5.47. The van der Waals surface area contributed by atoms with Crippen molar-refractivity contribution in [2.24, 2.45) is 39.4 Å². The summed E-state index contributed by atoms with van der Waals surface area (Å²) in [6.07, 6.45) is 0.430. The van der Waals surface area contributed by atoms with E-state index in [1.54, 1.807) is 0 Å². The number of rotatable bonds is 20. The van der Waals surface area contributed by atoms with Gasteiger partial charge in [0.2, 0.25) is 29.5 Å². The Morgan fingerprint density at radius 2 is 1.29 bits per heavy atom. The van der Waals surface area contributed by atoms with E-state index < -0.39 is 66.1 Å². The van der Waals surface area contributed by atoms with Crippen molar-refractivity contribution >= 4 is 41.5 Å². The number of amides is 5. The number of carboxylic acids is 1. The van der Waals surface area contributed by atoms with Gasteiger partial charge in [0.25, 0.3) is 0 Å². The number of carbonyl (C=O) groups excluding carboxylic acids is 5. The Morgan fingerprint density at radius 1 is 0.711 bits per heavy atom. The Kier molecular flexibility index (Phi) is 16.4. The first-order chi connectivity index (χ1) is 17.8. The van der Waals surface area contributed by atoms with Gasteiger partial charge in [-0.3, -0.25) is 29.0 Å². The molecule has 0 fully saturated rings. The van der Waals surface area contributed by atoms with Gasteiger partial charge in [0.15, 0.2) is 5.96 Å². The number of aliphatic imine (C=N–C) groups is 1. The third kappa shape index (κ3) is 15.2. The summed E-state index contributed by atoms with van der Waals surface area (Å²) in [5, 5.41) is 16.3. The maximum absolute atomic E-state index is 13.0. The monoisotopic (exact) mass is 544 g/mol. The second-order valence-electron chi connectivity index (χ2n) is 8.54. The lowest BCUT2D eigenvalue weighted by Crippen LogP contribution is -2.57. The topological polar surface area (TPSA) is 327 Å². The van der Waals surface area contributed by atoms with E-state index in [0.717, 1.165) is 0 Å². The van der Waals surface area contributed by atoms with E-state index in [0.29, 0.717) is 25.8 Å². The molecule has 38 heavy (non-hydrogen) atoms. The number of hydrogen-bond donors (Lipinski definition) is 10. The van der Waals surface area contributed by atoms with E-state index in [2.05, 4.69) is 20.9 Å². The minimum absolute atomic E-state index is 0.100. The van der Waals surface area contributed by atoms with Crippen LogP contribution in [0.4, 0.5) is 0 Å². The summed E-state index contributed by atoms with van der Waals surface area (Å²) in [4.78, 5) is 76.1. The molecule has 4 atom stereocenters. The average Bonchev–Trinajstić information content (AvgIpc) is 2.82. The molecule has 0 aromatic heterocycles. The fourth-order valence-electron chi connectivity index (χ4n) is 3.19. The third-order valence-electron chi connectivity index (χ3n) is 5.22. The lowest BCUT2D eigenvalue weighted by atomic mass is 10.0. The molecular weight excluding hydrogens is 504 g/mol. The molecule has 0 aliphatic carbocycles. The molecule has 0 bridgehead atoms. The van der Waals surface area contributed by atoms with Crippen molar-refractivity contribution in [3.8, 4) is 0 Å². The quantitative estimate of drug-likeness (QED) is 0.0393. The second-order valence-corrected chi connectivity index (χ2v) is 8.54. The summed E-state index contributed by atoms with van der Waals surface area (Å²) in [7, 11) is 0. The Labute approximate surface area is 219 Å². The van der Waals surface area contributed by atoms with Crippen molar-refractivity contribution in [2.45, 2.75) is 75.5 Å². The van der Waals surface area contributed by atoms with Crippen molar-refractivity contribution in [3.05, 3.63) is 0 Å². The summed E-state index contributed by atoms with van der Waals surface area (Å²) in [6, 6.07) is -5.21. The van der Waals surface area contributed by atoms with Crippen LogP contribution in [0.15, 0.2) is 4.99 Å². The lowest BCUT2D eigenvalue weighted by molar-refractivity contribution is -0.142. The van der Waals surface area contributed by atoms with Crippen molar-refractivity contribution in [2.75, 3.05) is 13.1 Å². The van der Waals surface area contributed by atoms with Gasteiger partial charge in [0, 0.05) is 13.0 Å². The molecule has 0 saturated carbocycles. The van der Waals surface area contributed by atoms with E-state index in [-0.39, 0.29) is 38.2 Å². The Hall–Kier alpha value is -3.99. The molecule has 0 aliphatic heterocycles. The minimum atomic E-state index is -1.56. The summed E-state index contributed by atoms with van der Waals surface area (Å²) in [5.74, 6) is -5.79. The number of carbonyl (C=O) groups is 6. The van der Waals surface area contributed by atoms with Crippen LogP contribution < -0.4 is 50.4 Å². The Morgan fingerprint density at radius 3 is 1.82 bits per heavy atom. The summed E-state index contributed by atoms with van der Waals surface area (Å²) < 4.78 is 0.